The molecule has 0 saturated carbocycles. The number of morpholine rings is 2. The zero-order valence-electron chi connectivity index (χ0n) is 12.3. The van der Waals surface area contributed by atoms with E-state index in [1.165, 1.54) is 5.69 Å². The monoisotopic (exact) mass is 277 g/mol. The van der Waals surface area contributed by atoms with Crippen molar-refractivity contribution >= 4 is 11.5 Å². The second-order valence-electron chi connectivity index (χ2n) is 5.61. The van der Waals surface area contributed by atoms with Crippen molar-refractivity contribution in [1.29, 1.82) is 0 Å². The van der Waals surface area contributed by atoms with Gasteiger partial charge in [0.25, 0.3) is 0 Å². The molecule has 5 heteroatoms. The van der Waals surface area contributed by atoms with Gasteiger partial charge in [-0.2, -0.15) is 0 Å². The maximum absolute atomic E-state index is 5.51. The summed E-state index contributed by atoms with van der Waals surface area (Å²) in [4.78, 5) is 9.28. The van der Waals surface area contributed by atoms with E-state index in [2.05, 4.69) is 40.8 Å². The molecule has 0 aromatic carbocycles. The van der Waals surface area contributed by atoms with Crippen molar-refractivity contribution in [3.8, 4) is 0 Å². The molecular formula is C15H23N3O2. The Bertz CT molecular complexity index is 417. The zero-order valence-corrected chi connectivity index (χ0v) is 12.3. The molecular weight excluding hydrogens is 254 g/mol. The van der Waals surface area contributed by atoms with E-state index in [1.54, 1.807) is 0 Å². The van der Waals surface area contributed by atoms with Crippen molar-refractivity contribution in [2.45, 2.75) is 25.9 Å². The molecule has 3 heterocycles. The van der Waals surface area contributed by atoms with Crippen LogP contribution in [0.1, 0.15) is 13.8 Å². The first-order valence-electron chi connectivity index (χ1n) is 7.40. The summed E-state index contributed by atoms with van der Waals surface area (Å²) >= 11 is 0. The Labute approximate surface area is 120 Å². The van der Waals surface area contributed by atoms with Crippen LogP contribution in [0.2, 0.25) is 0 Å². The molecule has 0 bridgehead atoms. The number of nitrogens with zero attached hydrogens (tertiary/aromatic N) is 3. The van der Waals surface area contributed by atoms with Gasteiger partial charge < -0.3 is 19.3 Å². The van der Waals surface area contributed by atoms with Crippen LogP contribution in [0.5, 0.6) is 0 Å². The fraction of sp³-hybridized carbons (Fsp3) is 0.667. The number of ether oxygens (including phenoxy) is 2. The van der Waals surface area contributed by atoms with Crippen molar-refractivity contribution in [2.75, 3.05) is 49.3 Å². The third kappa shape index (κ3) is 2.74. The van der Waals surface area contributed by atoms with E-state index >= 15 is 0 Å². The minimum absolute atomic E-state index is 0.383. The normalized spacial score (nSPS) is 27.7. The van der Waals surface area contributed by atoms with Crippen molar-refractivity contribution in [3.63, 3.8) is 0 Å². The fourth-order valence-corrected chi connectivity index (χ4v) is 2.92. The molecule has 5 nitrogen and oxygen atoms in total. The number of pyridine rings is 1. The van der Waals surface area contributed by atoms with Crippen LogP contribution in [-0.2, 0) is 9.47 Å². The fourth-order valence-electron chi connectivity index (χ4n) is 2.92. The molecule has 2 fully saturated rings. The summed E-state index contributed by atoms with van der Waals surface area (Å²) in [7, 11) is 0. The Hall–Kier alpha value is -1.33. The first-order chi connectivity index (χ1) is 9.75. The lowest BCUT2D eigenvalue weighted by molar-refractivity contribution is 0.0980. The standard InChI is InChI=1S/C15H23N3O2/c1-12-10-19-7-5-17(12)14-3-4-16-15(9-14)18-6-8-20-11-13(18)2/h3-4,9,12-13H,5-8,10-11H2,1-2H3. The first kappa shape index (κ1) is 13.6. The topological polar surface area (TPSA) is 37.8 Å². The van der Waals surface area contributed by atoms with Crippen LogP contribution in [0.3, 0.4) is 0 Å². The Kier molecular flexibility index (Phi) is 4.08. The van der Waals surface area contributed by atoms with Gasteiger partial charge in [-0.05, 0) is 19.9 Å². The van der Waals surface area contributed by atoms with Crippen LogP contribution in [0.25, 0.3) is 0 Å². The van der Waals surface area contributed by atoms with Crippen LogP contribution in [0.4, 0.5) is 11.5 Å². The highest BCUT2D eigenvalue weighted by atomic mass is 16.5. The SMILES string of the molecule is CC1COCCN1c1ccnc(N2CCOCC2C)c1. The molecule has 2 atom stereocenters. The molecule has 1 aromatic rings. The van der Waals surface area contributed by atoms with E-state index in [1.807, 2.05) is 6.20 Å². The molecule has 0 amide bonds. The Balaban J connectivity index is 1.81. The molecule has 0 N–H and O–H groups in total. The van der Waals surface area contributed by atoms with Gasteiger partial charge in [0, 0.05) is 37.1 Å². The minimum Gasteiger partial charge on any atom is -0.377 e. The van der Waals surface area contributed by atoms with Gasteiger partial charge in [0.15, 0.2) is 0 Å². The third-order valence-corrected chi connectivity index (χ3v) is 4.09. The van der Waals surface area contributed by atoms with Crippen molar-refractivity contribution in [1.82, 2.24) is 4.98 Å². The lowest BCUT2D eigenvalue weighted by Crippen LogP contribution is -2.45. The van der Waals surface area contributed by atoms with Gasteiger partial charge in [0.1, 0.15) is 5.82 Å². The summed E-state index contributed by atoms with van der Waals surface area (Å²) in [6.45, 7) is 9.41. The minimum atomic E-state index is 0.383. The van der Waals surface area contributed by atoms with E-state index in [9.17, 15) is 0 Å². The van der Waals surface area contributed by atoms with E-state index in [0.717, 1.165) is 45.3 Å². The van der Waals surface area contributed by atoms with Gasteiger partial charge in [-0.1, -0.05) is 0 Å². The largest absolute Gasteiger partial charge is 0.377 e. The van der Waals surface area contributed by atoms with E-state index in [4.69, 9.17) is 9.47 Å². The maximum atomic E-state index is 5.51. The van der Waals surface area contributed by atoms with Gasteiger partial charge >= 0.3 is 0 Å². The first-order valence-corrected chi connectivity index (χ1v) is 7.40. The average molecular weight is 277 g/mol. The van der Waals surface area contributed by atoms with Crippen LogP contribution < -0.4 is 9.80 Å². The zero-order chi connectivity index (χ0) is 13.9. The van der Waals surface area contributed by atoms with Gasteiger partial charge in [-0.3, -0.25) is 0 Å². The van der Waals surface area contributed by atoms with Crippen LogP contribution in [0.15, 0.2) is 18.3 Å². The van der Waals surface area contributed by atoms with E-state index in [-0.39, 0.29) is 0 Å². The van der Waals surface area contributed by atoms with Gasteiger partial charge in [0.05, 0.1) is 32.5 Å². The molecule has 1 aromatic heterocycles. The summed E-state index contributed by atoms with van der Waals surface area (Å²) in [6.07, 6.45) is 1.91. The highest BCUT2D eigenvalue weighted by Gasteiger charge is 2.23. The summed E-state index contributed by atoms with van der Waals surface area (Å²) in [5, 5.41) is 0. The summed E-state index contributed by atoms with van der Waals surface area (Å²) < 4.78 is 11.0. The smallest absolute Gasteiger partial charge is 0.130 e. The maximum Gasteiger partial charge on any atom is 0.130 e. The molecule has 2 aliphatic rings. The summed E-state index contributed by atoms with van der Waals surface area (Å²) in [6, 6.07) is 5.09. The Morgan fingerprint density at radius 3 is 2.35 bits per heavy atom. The number of anilines is 2. The van der Waals surface area contributed by atoms with E-state index in [0.29, 0.717) is 12.1 Å². The number of hydrogen-bond acceptors (Lipinski definition) is 5. The van der Waals surface area contributed by atoms with Crippen molar-refractivity contribution in [3.05, 3.63) is 18.3 Å². The van der Waals surface area contributed by atoms with Crippen LogP contribution >= 0.6 is 0 Å². The second kappa shape index (κ2) is 5.97. The van der Waals surface area contributed by atoms with Crippen molar-refractivity contribution < 1.29 is 9.47 Å². The number of hydrogen-bond donors (Lipinski definition) is 0. The third-order valence-electron chi connectivity index (χ3n) is 4.09. The molecule has 110 valence electrons. The average Bonchev–Trinajstić information content (AvgIpc) is 2.48. The van der Waals surface area contributed by atoms with E-state index < -0.39 is 0 Å². The van der Waals surface area contributed by atoms with Gasteiger partial charge in [0.2, 0.25) is 0 Å². The second-order valence-corrected chi connectivity index (χ2v) is 5.61. The van der Waals surface area contributed by atoms with Gasteiger partial charge in [-0.25, -0.2) is 4.98 Å². The molecule has 0 spiro atoms. The predicted octanol–water partition coefficient (Wildman–Crippen LogP) is 1.53. The molecule has 0 radical (unpaired) electrons. The quantitative estimate of drug-likeness (QED) is 0.819. The Morgan fingerprint density at radius 1 is 1.05 bits per heavy atom. The highest BCUT2D eigenvalue weighted by molar-refractivity contribution is 5.56. The predicted molar refractivity (Wildman–Crippen MR) is 79.5 cm³/mol. The molecule has 2 aliphatic heterocycles. The van der Waals surface area contributed by atoms with Crippen LogP contribution in [0, 0.1) is 0 Å². The Morgan fingerprint density at radius 2 is 1.70 bits per heavy atom. The molecule has 20 heavy (non-hydrogen) atoms. The summed E-state index contributed by atoms with van der Waals surface area (Å²) in [5.74, 6) is 1.05. The molecule has 0 aliphatic carbocycles. The van der Waals surface area contributed by atoms with Crippen molar-refractivity contribution in [2.24, 2.45) is 0 Å². The number of rotatable bonds is 2. The molecule has 3 rings (SSSR count). The highest BCUT2D eigenvalue weighted by Crippen LogP contribution is 2.25. The van der Waals surface area contributed by atoms with Crippen LogP contribution in [-0.4, -0.2) is 56.6 Å². The van der Waals surface area contributed by atoms with Gasteiger partial charge in [-0.15, -0.1) is 0 Å². The molecule has 2 saturated heterocycles. The lowest BCUT2D eigenvalue weighted by atomic mass is 10.2. The lowest BCUT2D eigenvalue weighted by Gasteiger charge is -2.37. The number of aromatic nitrogens is 1. The molecule has 2 unspecified atom stereocenters. The summed E-state index contributed by atoms with van der Waals surface area (Å²) in [5.41, 5.74) is 1.24.